The summed E-state index contributed by atoms with van der Waals surface area (Å²) in [6.45, 7) is 2.46. The summed E-state index contributed by atoms with van der Waals surface area (Å²) in [6.07, 6.45) is 0. The molecule has 0 saturated carbocycles. The zero-order valence-electron chi connectivity index (χ0n) is 10.7. The predicted molar refractivity (Wildman–Crippen MR) is 82.9 cm³/mol. The van der Waals surface area contributed by atoms with Gasteiger partial charge in [0.15, 0.2) is 10.0 Å². The van der Waals surface area contributed by atoms with E-state index >= 15 is 0 Å². The third kappa shape index (κ3) is 1.94. The molecule has 7 heteroatoms. The van der Waals surface area contributed by atoms with Crippen LogP contribution in [0.5, 0.6) is 0 Å². The Kier molecular flexibility index (Phi) is 3.31. The van der Waals surface area contributed by atoms with E-state index < -0.39 is 0 Å². The predicted octanol–water partition coefficient (Wildman–Crippen LogP) is 1.62. The van der Waals surface area contributed by atoms with Gasteiger partial charge in [0.05, 0.1) is 11.4 Å². The Morgan fingerprint density at radius 1 is 1.35 bits per heavy atom. The molecule has 5 nitrogen and oxygen atoms in total. The smallest absolute Gasteiger partial charge is 0.279 e. The molecule has 0 aliphatic carbocycles. The minimum absolute atomic E-state index is 0.187. The SMILES string of the molecule is CCN1C(=O)/C(=N/N2C(=O)CSC2=S)c2ccccc21. The molecule has 0 radical (unpaired) electrons. The molecule has 2 aliphatic heterocycles. The van der Waals surface area contributed by atoms with Crippen molar-refractivity contribution in [3.05, 3.63) is 29.8 Å². The molecule has 1 aromatic rings. The molecule has 20 heavy (non-hydrogen) atoms. The van der Waals surface area contributed by atoms with Crippen molar-refractivity contribution in [2.75, 3.05) is 17.2 Å². The highest BCUT2D eigenvalue weighted by atomic mass is 32.2. The minimum atomic E-state index is -0.193. The average Bonchev–Trinajstić information content (AvgIpc) is 2.91. The molecule has 1 fully saturated rings. The van der Waals surface area contributed by atoms with Crippen LogP contribution >= 0.6 is 24.0 Å². The van der Waals surface area contributed by atoms with E-state index in [0.717, 1.165) is 16.3 Å². The second-order valence-electron chi connectivity index (χ2n) is 4.28. The summed E-state index contributed by atoms with van der Waals surface area (Å²) >= 11 is 6.35. The molecule has 0 bridgehead atoms. The number of amides is 2. The van der Waals surface area contributed by atoms with E-state index in [1.807, 2.05) is 31.2 Å². The molecule has 0 N–H and O–H groups in total. The second kappa shape index (κ2) is 4.99. The van der Waals surface area contributed by atoms with E-state index in [4.69, 9.17) is 12.2 Å². The first-order chi connectivity index (χ1) is 9.63. The molecule has 0 unspecified atom stereocenters. The highest BCUT2D eigenvalue weighted by Gasteiger charge is 2.35. The van der Waals surface area contributed by atoms with Crippen molar-refractivity contribution >= 4 is 51.5 Å². The van der Waals surface area contributed by atoms with Crippen molar-refractivity contribution < 1.29 is 9.59 Å². The van der Waals surface area contributed by atoms with Gasteiger partial charge in [0, 0.05) is 12.1 Å². The number of hydrogen-bond donors (Lipinski definition) is 0. The molecule has 0 spiro atoms. The lowest BCUT2D eigenvalue weighted by Crippen LogP contribution is -2.32. The summed E-state index contributed by atoms with van der Waals surface area (Å²) < 4.78 is 0.391. The molecular formula is C13H11N3O2S2. The van der Waals surface area contributed by atoms with Crippen LogP contribution in [0.1, 0.15) is 12.5 Å². The number of nitrogens with zero attached hydrogens (tertiary/aromatic N) is 3. The van der Waals surface area contributed by atoms with Crippen LogP contribution in [0.4, 0.5) is 5.69 Å². The highest BCUT2D eigenvalue weighted by Crippen LogP contribution is 2.30. The first-order valence-corrected chi connectivity index (χ1v) is 7.52. The third-order valence-electron chi connectivity index (χ3n) is 3.14. The normalized spacial score (nSPS) is 20.2. The fourth-order valence-corrected chi connectivity index (χ4v) is 3.17. The van der Waals surface area contributed by atoms with Gasteiger partial charge in [-0.3, -0.25) is 9.59 Å². The summed E-state index contributed by atoms with van der Waals surface area (Å²) in [5.74, 6) is -0.0999. The van der Waals surface area contributed by atoms with Crippen LogP contribution in [-0.4, -0.2) is 39.2 Å². The molecule has 1 saturated heterocycles. The van der Waals surface area contributed by atoms with Gasteiger partial charge in [-0.25, -0.2) is 0 Å². The lowest BCUT2D eigenvalue weighted by atomic mass is 10.1. The van der Waals surface area contributed by atoms with Crippen molar-refractivity contribution in [3.63, 3.8) is 0 Å². The molecular weight excluding hydrogens is 294 g/mol. The number of benzene rings is 1. The number of fused-ring (bicyclic) bond motifs is 1. The first kappa shape index (κ1) is 13.3. The van der Waals surface area contributed by atoms with E-state index in [-0.39, 0.29) is 23.3 Å². The number of rotatable bonds is 2. The molecule has 2 heterocycles. The quantitative estimate of drug-likeness (QED) is 0.779. The Balaban J connectivity index is 2.08. The van der Waals surface area contributed by atoms with Gasteiger partial charge in [-0.15, -0.1) is 0 Å². The Morgan fingerprint density at radius 2 is 2.10 bits per heavy atom. The molecule has 1 aromatic carbocycles. The number of likely N-dealkylation sites (N-methyl/N-ethyl adjacent to an activating group) is 1. The topological polar surface area (TPSA) is 53.0 Å². The van der Waals surface area contributed by atoms with Crippen LogP contribution in [0.15, 0.2) is 29.4 Å². The van der Waals surface area contributed by atoms with Gasteiger partial charge in [0.2, 0.25) is 0 Å². The molecule has 0 aromatic heterocycles. The molecule has 2 aliphatic rings. The summed E-state index contributed by atoms with van der Waals surface area (Å²) in [5.41, 5.74) is 1.84. The van der Waals surface area contributed by atoms with Crippen molar-refractivity contribution in [1.82, 2.24) is 5.01 Å². The minimum Gasteiger partial charge on any atom is -0.307 e. The largest absolute Gasteiger partial charge is 0.307 e. The Morgan fingerprint density at radius 3 is 2.75 bits per heavy atom. The number of thioether (sulfide) groups is 1. The van der Waals surface area contributed by atoms with Crippen molar-refractivity contribution in [2.45, 2.75) is 6.92 Å². The summed E-state index contributed by atoms with van der Waals surface area (Å²) in [4.78, 5) is 25.8. The summed E-state index contributed by atoms with van der Waals surface area (Å²) in [5, 5.41) is 5.36. The number of carbonyl (C=O) groups is 2. The van der Waals surface area contributed by atoms with E-state index in [9.17, 15) is 9.59 Å². The van der Waals surface area contributed by atoms with E-state index in [1.165, 1.54) is 11.8 Å². The Bertz CT molecular complexity index is 641. The van der Waals surface area contributed by atoms with E-state index in [2.05, 4.69) is 5.10 Å². The van der Waals surface area contributed by atoms with Gasteiger partial charge in [0.1, 0.15) is 0 Å². The Hall–Kier alpha value is -1.73. The van der Waals surface area contributed by atoms with Crippen LogP contribution in [0, 0.1) is 0 Å². The number of carbonyl (C=O) groups excluding carboxylic acids is 2. The monoisotopic (exact) mass is 305 g/mol. The molecule has 3 rings (SSSR count). The highest BCUT2D eigenvalue weighted by molar-refractivity contribution is 8.23. The third-order valence-corrected chi connectivity index (χ3v) is 4.48. The van der Waals surface area contributed by atoms with Gasteiger partial charge in [0.25, 0.3) is 11.8 Å². The lowest BCUT2D eigenvalue weighted by Gasteiger charge is -2.13. The Labute approximate surface area is 125 Å². The second-order valence-corrected chi connectivity index (χ2v) is 5.88. The molecule has 2 amide bonds. The molecule has 102 valence electrons. The van der Waals surface area contributed by atoms with Gasteiger partial charge >= 0.3 is 0 Å². The van der Waals surface area contributed by atoms with Crippen molar-refractivity contribution in [1.29, 1.82) is 0 Å². The fourth-order valence-electron chi connectivity index (χ4n) is 2.22. The first-order valence-electron chi connectivity index (χ1n) is 6.13. The van der Waals surface area contributed by atoms with E-state index in [1.54, 1.807) is 4.90 Å². The maximum absolute atomic E-state index is 12.4. The van der Waals surface area contributed by atoms with Crippen LogP contribution in [-0.2, 0) is 9.59 Å². The van der Waals surface area contributed by atoms with Crippen LogP contribution < -0.4 is 4.90 Å². The standard InChI is InChI=1S/C13H11N3O2S2/c1-2-15-9-6-4-3-5-8(9)11(12(15)18)14-16-10(17)7-20-13(16)19/h3-6H,2,7H2,1H3/b14-11+. The number of hydrazone groups is 1. The number of thiocarbonyl (C=S) groups is 1. The molecule has 0 atom stereocenters. The number of anilines is 1. The van der Waals surface area contributed by atoms with Crippen molar-refractivity contribution in [2.24, 2.45) is 5.10 Å². The lowest BCUT2D eigenvalue weighted by molar-refractivity contribution is -0.124. The average molecular weight is 305 g/mol. The summed E-state index contributed by atoms with van der Waals surface area (Å²) in [6, 6.07) is 7.43. The van der Waals surface area contributed by atoms with Crippen LogP contribution in [0.2, 0.25) is 0 Å². The van der Waals surface area contributed by atoms with E-state index in [0.29, 0.717) is 10.9 Å². The maximum atomic E-state index is 12.4. The number of para-hydroxylation sites is 1. The van der Waals surface area contributed by atoms with Crippen molar-refractivity contribution in [3.8, 4) is 0 Å². The van der Waals surface area contributed by atoms with Gasteiger partial charge in [-0.2, -0.15) is 10.1 Å². The number of hydrogen-bond acceptors (Lipinski definition) is 5. The van der Waals surface area contributed by atoms with Crippen LogP contribution in [0.25, 0.3) is 0 Å². The van der Waals surface area contributed by atoms with Gasteiger partial charge in [-0.1, -0.05) is 42.2 Å². The summed E-state index contributed by atoms with van der Waals surface area (Å²) in [7, 11) is 0. The van der Waals surface area contributed by atoms with Crippen LogP contribution in [0.3, 0.4) is 0 Å². The van der Waals surface area contributed by atoms with Gasteiger partial charge in [-0.05, 0) is 13.0 Å². The zero-order chi connectivity index (χ0) is 14.3. The maximum Gasteiger partial charge on any atom is 0.279 e. The fraction of sp³-hybridized carbons (Fsp3) is 0.231. The van der Waals surface area contributed by atoms with Gasteiger partial charge < -0.3 is 4.90 Å². The zero-order valence-corrected chi connectivity index (χ0v) is 12.3.